The van der Waals surface area contributed by atoms with Gasteiger partial charge in [-0.3, -0.25) is 0 Å². The molecule has 0 spiro atoms. The lowest BCUT2D eigenvalue weighted by Crippen LogP contribution is -2.49. The molecule has 0 aliphatic heterocycles. The monoisotopic (exact) mass is 247 g/mol. The van der Waals surface area contributed by atoms with E-state index >= 15 is 0 Å². The second-order valence-electron chi connectivity index (χ2n) is 5.89. The molecule has 1 N–H and O–H groups in total. The van der Waals surface area contributed by atoms with E-state index in [0.29, 0.717) is 12.0 Å². The molecular weight excluding hydrogens is 218 g/mol. The van der Waals surface area contributed by atoms with Crippen molar-refractivity contribution in [1.29, 1.82) is 0 Å². The quantitative estimate of drug-likeness (QED) is 0.754. The summed E-state index contributed by atoms with van der Waals surface area (Å²) in [4.78, 5) is 0. The lowest BCUT2D eigenvalue weighted by molar-refractivity contribution is 0.249. The van der Waals surface area contributed by atoms with Crippen LogP contribution in [0.2, 0.25) is 0 Å². The van der Waals surface area contributed by atoms with E-state index in [-0.39, 0.29) is 5.41 Å². The number of nitrogens with one attached hydrogen (secondary N) is 1. The molecule has 0 fully saturated rings. The molecule has 0 aliphatic carbocycles. The first kappa shape index (κ1) is 15.2. The SMILES string of the molecule is CCCC(C)C(NCC)C(C)(C)c1ccccc1. The van der Waals surface area contributed by atoms with Gasteiger partial charge in [0.15, 0.2) is 0 Å². The van der Waals surface area contributed by atoms with E-state index in [1.807, 2.05) is 0 Å². The van der Waals surface area contributed by atoms with Crippen molar-refractivity contribution >= 4 is 0 Å². The van der Waals surface area contributed by atoms with Crippen LogP contribution in [0.1, 0.15) is 53.0 Å². The maximum absolute atomic E-state index is 3.71. The van der Waals surface area contributed by atoms with E-state index in [1.54, 1.807) is 0 Å². The second kappa shape index (κ2) is 6.94. The van der Waals surface area contributed by atoms with E-state index in [9.17, 15) is 0 Å². The number of hydrogen-bond donors (Lipinski definition) is 1. The van der Waals surface area contributed by atoms with Crippen LogP contribution in [-0.2, 0) is 5.41 Å². The van der Waals surface area contributed by atoms with Gasteiger partial charge in [0.2, 0.25) is 0 Å². The normalized spacial score (nSPS) is 15.4. The van der Waals surface area contributed by atoms with Crippen LogP contribution in [0.15, 0.2) is 30.3 Å². The minimum Gasteiger partial charge on any atom is -0.313 e. The Morgan fingerprint density at radius 2 is 1.72 bits per heavy atom. The van der Waals surface area contributed by atoms with E-state index in [4.69, 9.17) is 0 Å². The minimum absolute atomic E-state index is 0.172. The van der Waals surface area contributed by atoms with Crippen molar-refractivity contribution in [1.82, 2.24) is 5.32 Å². The fourth-order valence-electron chi connectivity index (χ4n) is 3.06. The highest BCUT2D eigenvalue weighted by Crippen LogP contribution is 2.32. The van der Waals surface area contributed by atoms with Crippen LogP contribution in [0.25, 0.3) is 0 Å². The number of benzene rings is 1. The first-order valence-corrected chi connectivity index (χ1v) is 7.32. The molecule has 2 unspecified atom stereocenters. The molecule has 1 rings (SSSR count). The summed E-state index contributed by atoms with van der Waals surface area (Å²) in [5.74, 6) is 0.699. The topological polar surface area (TPSA) is 12.0 Å². The summed E-state index contributed by atoms with van der Waals surface area (Å²) < 4.78 is 0. The van der Waals surface area contributed by atoms with Crippen molar-refractivity contribution in [3.8, 4) is 0 Å². The average molecular weight is 247 g/mol. The summed E-state index contributed by atoms with van der Waals surface area (Å²) >= 11 is 0. The number of likely N-dealkylation sites (N-methyl/N-ethyl adjacent to an activating group) is 1. The summed E-state index contributed by atoms with van der Waals surface area (Å²) in [6, 6.07) is 11.4. The molecule has 2 atom stereocenters. The molecule has 0 saturated carbocycles. The largest absolute Gasteiger partial charge is 0.313 e. The zero-order valence-electron chi connectivity index (χ0n) is 12.7. The highest BCUT2D eigenvalue weighted by Gasteiger charge is 2.33. The molecule has 0 radical (unpaired) electrons. The maximum Gasteiger partial charge on any atom is 0.0184 e. The maximum atomic E-state index is 3.71. The van der Waals surface area contributed by atoms with Gasteiger partial charge in [0.1, 0.15) is 0 Å². The number of rotatable bonds is 7. The fourth-order valence-corrected chi connectivity index (χ4v) is 3.06. The summed E-state index contributed by atoms with van der Waals surface area (Å²) in [7, 11) is 0. The molecule has 0 aromatic heterocycles. The van der Waals surface area contributed by atoms with Gasteiger partial charge in [-0.2, -0.15) is 0 Å². The third kappa shape index (κ3) is 3.58. The Morgan fingerprint density at radius 1 is 1.11 bits per heavy atom. The van der Waals surface area contributed by atoms with Crippen LogP contribution in [0.4, 0.5) is 0 Å². The van der Waals surface area contributed by atoms with Crippen molar-refractivity contribution in [3.63, 3.8) is 0 Å². The van der Waals surface area contributed by atoms with Crippen LogP contribution >= 0.6 is 0 Å². The molecule has 1 aromatic rings. The highest BCUT2D eigenvalue weighted by molar-refractivity contribution is 5.26. The van der Waals surface area contributed by atoms with Gasteiger partial charge in [-0.15, -0.1) is 0 Å². The molecule has 0 bridgehead atoms. The first-order valence-electron chi connectivity index (χ1n) is 7.32. The number of hydrogen-bond acceptors (Lipinski definition) is 1. The highest BCUT2D eigenvalue weighted by atomic mass is 14.9. The molecule has 0 heterocycles. The Bertz CT molecular complexity index is 329. The molecule has 0 saturated heterocycles. The first-order chi connectivity index (χ1) is 8.54. The Hall–Kier alpha value is -0.820. The van der Waals surface area contributed by atoms with Crippen molar-refractivity contribution in [3.05, 3.63) is 35.9 Å². The smallest absolute Gasteiger partial charge is 0.0184 e. The molecule has 0 amide bonds. The Morgan fingerprint density at radius 3 is 2.22 bits per heavy atom. The van der Waals surface area contributed by atoms with E-state index in [0.717, 1.165) is 6.54 Å². The second-order valence-corrected chi connectivity index (χ2v) is 5.89. The zero-order chi connectivity index (χ0) is 13.6. The van der Waals surface area contributed by atoms with Crippen LogP contribution in [-0.4, -0.2) is 12.6 Å². The van der Waals surface area contributed by atoms with Crippen molar-refractivity contribution in [2.45, 2.75) is 58.9 Å². The molecule has 1 nitrogen and oxygen atoms in total. The van der Waals surface area contributed by atoms with Gasteiger partial charge >= 0.3 is 0 Å². The van der Waals surface area contributed by atoms with E-state index in [1.165, 1.54) is 18.4 Å². The molecule has 18 heavy (non-hydrogen) atoms. The fraction of sp³-hybridized carbons (Fsp3) is 0.647. The third-order valence-corrected chi connectivity index (χ3v) is 4.03. The van der Waals surface area contributed by atoms with Gasteiger partial charge in [0.05, 0.1) is 0 Å². The summed E-state index contributed by atoms with van der Waals surface area (Å²) in [5, 5.41) is 3.71. The van der Waals surface area contributed by atoms with Gasteiger partial charge in [-0.1, -0.05) is 71.4 Å². The molecule has 102 valence electrons. The lowest BCUT2D eigenvalue weighted by atomic mass is 9.72. The van der Waals surface area contributed by atoms with Crippen LogP contribution in [0.5, 0.6) is 0 Å². The summed E-state index contributed by atoms with van der Waals surface area (Å²) in [5.41, 5.74) is 1.60. The minimum atomic E-state index is 0.172. The van der Waals surface area contributed by atoms with Crippen molar-refractivity contribution in [2.24, 2.45) is 5.92 Å². The molecule has 0 aliphatic rings. The Balaban J connectivity index is 2.96. The van der Waals surface area contributed by atoms with Gasteiger partial charge in [-0.05, 0) is 24.4 Å². The third-order valence-electron chi connectivity index (χ3n) is 4.03. The van der Waals surface area contributed by atoms with Crippen molar-refractivity contribution in [2.75, 3.05) is 6.54 Å². The Labute approximate surface area is 113 Å². The predicted molar refractivity (Wildman–Crippen MR) is 81.0 cm³/mol. The van der Waals surface area contributed by atoms with Crippen LogP contribution in [0, 0.1) is 5.92 Å². The standard InChI is InChI=1S/C17H29N/c1-6-11-14(3)16(18-7-2)17(4,5)15-12-9-8-10-13-15/h8-10,12-14,16,18H,6-7,11H2,1-5H3. The van der Waals surface area contributed by atoms with Crippen molar-refractivity contribution < 1.29 is 0 Å². The molecular formula is C17H29N. The zero-order valence-corrected chi connectivity index (χ0v) is 12.7. The molecule has 1 aromatic carbocycles. The van der Waals surface area contributed by atoms with Crippen LogP contribution in [0.3, 0.4) is 0 Å². The summed E-state index contributed by atoms with van der Waals surface area (Å²) in [6.45, 7) is 12.6. The predicted octanol–water partition coefficient (Wildman–Crippen LogP) is 4.38. The van der Waals surface area contributed by atoms with E-state index < -0.39 is 0 Å². The summed E-state index contributed by atoms with van der Waals surface area (Å²) in [6.07, 6.45) is 2.54. The Kier molecular flexibility index (Phi) is 5.87. The average Bonchev–Trinajstić information content (AvgIpc) is 2.37. The van der Waals surface area contributed by atoms with Crippen LogP contribution < -0.4 is 5.32 Å². The van der Waals surface area contributed by atoms with Gasteiger partial charge < -0.3 is 5.32 Å². The molecule has 1 heteroatoms. The van der Waals surface area contributed by atoms with E-state index in [2.05, 4.69) is 70.3 Å². The van der Waals surface area contributed by atoms with Gasteiger partial charge in [0.25, 0.3) is 0 Å². The lowest BCUT2D eigenvalue weighted by Gasteiger charge is -2.39. The van der Waals surface area contributed by atoms with Gasteiger partial charge in [-0.25, -0.2) is 0 Å². The van der Waals surface area contributed by atoms with Gasteiger partial charge in [0, 0.05) is 11.5 Å².